The number of anilines is 1. The van der Waals surface area contributed by atoms with Crippen molar-refractivity contribution >= 4 is 23.0 Å². The molecular formula is C14H19N3S. The summed E-state index contributed by atoms with van der Waals surface area (Å²) >= 11 is 5.18. The Kier molecular flexibility index (Phi) is 2.98. The van der Waals surface area contributed by atoms with E-state index in [2.05, 4.69) is 18.0 Å². The highest BCUT2D eigenvalue weighted by Gasteiger charge is 2.26. The Morgan fingerprint density at radius 2 is 2.28 bits per heavy atom. The molecule has 0 radical (unpaired) electrons. The molecule has 1 aromatic rings. The summed E-state index contributed by atoms with van der Waals surface area (Å²) in [7, 11) is 2.10. The highest BCUT2D eigenvalue weighted by molar-refractivity contribution is 7.80. The van der Waals surface area contributed by atoms with Crippen LogP contribution in [0.3, 0.4) is 0 Å². The lowest BCUT2D eigenvalue weighted by molar-refractivity contribution is 0.773. The number of thiocarbonyl (C=S) groups is 1. The molecule has 1 fully saturated rings. The van der Waals surface area contributed by atoms with Crippen LogP contribution < -0.4 is 10.6 Å². The van der Waals surface area contributed by atoms with E-state index in [4.69, 9.17) is 22.9 Å². The van der Waals surface area contributed by atoms with Crippen LogP contribution in [-0.2, 0) is 12.8 Å². The molecule has 1 aromatic heterocycles. The van der Waals surface area contributed by atoms with Crippen molar-refractivity contribution in [2.45, 2.75) is 32.1 Å². The lowest BCUT2D eigenvalue weighted by Crippen LogP contribution is -2.25. The fraction of sp³-hybridized carbons (Fsp3) is 0.571. The Bertz CT molecular complexity index is 494. The summed E-state index contributed by atoms with van der Waals surface area (Å²) < 4.78 is 0. The van der Waals surface area contributed by atoms with Crippen molar-refractivity contribution in [2.24, 2.45) is 11.7 Å². The standard InChI is InChI=1S/C14H19N3S/c1-17(8-9-5-6-9)14-11(13(15)18)7-10-3-2-4-12(10)16-14/h7,9H,2-6,8H2,1H3,(H2,15,18). The number of aryl methyl sites for hydroxylation is 2. The molecule has 3 rings (SSSR count). The Hall–Kier alpha value is -1.16. The lowest BCUT2D eigenvalue weighted by atomic mass is 10.1. The number of pyridine rings is 1. The van der Waals surface area contributed by atoms with Crippen molar-refractivity contribution in [1.82, 2.24) is 4.98 Å². The molecule has 0 amide bonds. The average Bonchev–Trinajstić information content (AvgIpc) is 3.03. The summed E-state index contributed by atoms with van der Waals surface area (Å²) in [5, 5.41) is 0. The maximum absolute atomic E-state index is 5.86. The molecule has 1 heterocycles. The van der Waals surface area contributed by atoms with Crippen LogP contribution in [0, 0.1) is 5.92 Å². The van der Waals surface area contributed by atoms with Gasteiger partial charge < -0.3 is 10.6 Å². The summed E-state index contributed by atoms with van der Waals surface area (Å²) in [5.41, 5.74) is 9.39. The minimum Gasteiger partial charge on any atom is -0.389 e. The topological polar surface area (TPSA) is 42.2 Å². The smallest absolute Gasteiger partial charge is 0.138 e. The number of aromatic nitrogens is 1. The molecule has 0 saturated heterocycles. The Morgan fingerprint density at radius 1 is 1.50 bits per heavy atom. The van der Waals surface area contributed by atoms with E-state index >= 15 is 0 Å². The maximum atomic E-state index is 5.86. The molecule has 0 aromatic carbocycles. The molecule has 0 bridgehead atoms. The van der Waals surface area contributed by atoms with Crippen LogP contribution in [-0.4, -0.2) is 23.6 Å². The first-order chi connectivity index (χ1) is 8.65. The van der Waals surface area contributed by atoms with E-state index in [-0.39, 0.29) is 0 Å². The average molecular weight is 261 g/mol. The van der Waals surface area contributed by atoms with Crippen molar-refractivity contribution in [3.63, 3.8) is 0 Å². The maximum Gasteiger partial charge on any atom is 0.138 e. The van der Waals surface area contributed by atoms with E-state index < -0.39 is 0 Å². The van der Waals surface area contributed by atoms with Crippen LogP contribution in [0.2, 0.25) is 0 Å². The zero-order valence-electron chi connectivity index (χ0n) is 10.8. The van der Waals surface area contributed by atoms with Crippen molar-refractivity contribution in [3.8, 4) is 0 Å². The van der Waals surface area contributed by atoms with Gasteiger partial charge in [0.15, 0.2) is 0 Å². The monoisotopic (exact) mass is 261 g/mol. The summed E-state index contributed by atoms with van der Waals surface area (Å²) in [4.78, 5) is 7.51. The third-order valence-electron chi connectivity index (χ3n) is 3.89. The van der Waals surface area contributed by atoms with Gasteiger partial charge in [-0.15, -0.1) is 0 Å². The van der Waals surface area contributed by atoms with Crippen LogP contribution in [0.15, 0.2) is 6.07 Å². The van der Waals surface area contributed by atoms with E-state index in [0.717, 1.165) is 36.7 Å². The van der Waals surface area contributed by atoms with Crippen molar-refractivity contribution in [3.05, 3.63) is 22.9 Å². The molecule has 0 unspecified atom stereocenters. The van der Waals surface area contributed by atoms with E-state index in [1.807, 2.05) is 0 Å². The number of fused-ring (bicyclic) bond motifs is 1. The van der Waals surface area contributed by atoms with Crippen LogP contribution in [0.1, 0.15) is 36.1 Å². The summed E-state index contributed by atoms with van der Waals surface area (Å²) in [6.45, 7) is 1.07. The van der Waals surface area contributed by atoms with Crippen LogP contribution in [0.4, 0.5) is 5.82 Å². The third-order valence-corrected chi connectivity index (χ3v) is 4.11. The highest BCUT2D eigenvalue weighted by Crippen LogP contribution is 2.32. The van der Waals surface area contributed by atoms with E-state index in [1.54, 1.807) is 0 Å². The van der Waals surface area contributed by atoms with Gasteiger partial charge in [0, 0.05) is 19.3 Å². The minimum absolute atomic E-state index is 0.467. The van der Waals surface area contributed by atoms with Gasteiger partial charge in [-0.2, -0.15) is 0 Å². The fourth-order valence-corrected chi connectivity index (χ4v) is 2.86. The molecular weight excluding hydrogens is 242 g/mol. The Morgan fingerprint density at radius 3 is 2.94 bits per heavy atom. The van der Waals surface area contributed by atoms with Crippen molar-refractivity contribution < 1.29 is 0 Å². The first kappa shape index (κ1) is 11.9. The van der Waals surface area contributed by atoms with Gasteiger partial charge in [0.2, 0.25) is 0 Å². The summed E-state index contributed by atoms with van der Waals surface area (Å²) in [5.74, 6) is 1.82. The van der Waals surface area contributed by atoms with Gasteiger partial charge in [0.25, 0.3) is 0 Å². The molecule has 18 heavy (non-hydrogen) atoms. The highest BCUT2D eigenvalue weighted by atomic mass is 32.1. The molecule has 3 nitrogen and oxygen atoms in total. The number of hydrogen-bond donors (Lipinski definition) is 1. The lowest BCUT2D eigenvalue weighted by Gasteiger charge is -2.22. The Labute approximate surface area is 113 Å². The molecule has 2 N–H and O–H groups in total. The zero-order chi connectivity index (χ0) is 12.7. The SMILES string of the molecule is CN(CC1CC1)c1nc2c(cc1C(N)=S)CCC2. The van der Waals surface area contributed by atoms with Gasteiger partial charge in [-0.25, -0.2) is 4.98 Å². The van der Waals surface area contributed by atoms with Crippen LogP contribution >= 0.6 is 12.2 Å². The molecule has 4 heteroatoms. The predicted molar refractivity (Wildman–Crippen MR) is 78.1 cm³/mol. The molecule has 0 aliphatic heterocycles. The molecule has 0 atom stereocenters. The number of nitrogens with zero attached hydrogens (tertiary/aromatic N) is 2. The first-order valence-electron chi connectivity index (χ1n) is 6.69. The number of rotatable bonds is 4. The van der Waals surface area contributed by atoms with Crippen molar-refractivity contribution in [1.29, 1.82) is 0 Å². The largest absolute Gasteiger partial charge is 0.389 e. The van der Waals surface area contributed by atoms with E-state index in [0.29, 0.717) is 4.99 Å². The molecule has 0 spiro atoms. The second-order valence-electron chi connectivity index (χ2n) is 5.51. The first-order valence-corrected chi connectivity index (χ1v) is 7.09. The summed E-state index contributed by atoms with van der Waals surface area (Å²) in [6.07, 6.45) is 6.10. The van der Waals surface area contributed by atoms with E-state index in [9.17, 15) is 0 Å². The van der Waals surface area contributed by atoms with Gasteiger partial charge in [-0.1, -0.05) is 12.2 Å². The summed E-state index contributed by atoms with van der Waals surface area (Å²) in [6, 6.07) is 2.16. The number of hydrogen-bond acceptors (Lipinski definition) is 3. The molecule has 96 valence electrons. The molecule has 2 aliphatic rings. The predicted octanol–water partition coefficient (Wildman–Crippen LogP) is 2.05. The van der Waals surface area contributed by atoms with Gasteiger partial charge in [0.05, 0.1) is 5.56 Å². The van der Waals surface area contributed by atoms with Crippen LogP contribution in [0.5, 0.6) is 0 Å². The van der Waals surface area contributed by atoms with Gasteiger partial charge in [0.1, 0.15) is 10.8 Å². The van der Waals surface area contributed by atoms with Gasteiger partial charge in [-0.3, -0.25) is 0 Å². The second-order valence-corrected chi connectivity index (χ2v) is 5.95. The molecule has 2 aliphatic carbocycles. The van der Waals surface area contributed by atoms with Crippen LogP contribution in [0.25, 0.3) is 0 Å². The third kappa shape index (κ3) is 2.21. The second kappa shape index (κ2) is 4.50. The van der Waals surface area contributed by atoms with Gasteiger partial charge >= 0.3 is 0 Å². The van der Waals surface area contributed by atoms with Gasteiger partial charge in [-0.05, 0) is 49.7 Å². The Balaban J connectivity index is 1.96. The minimum atomic E-state index is 0.467. The van der Waals surface area contributed by atoms with Crippen molar-refractivity contribution in [2.75, 3.05) is 18.5 Å². The number of nitrogens with two attached hydrogens (primary N) is 1. The molecule has 1 saturated carbocycles. The van der Waals surface area contributed by atoms with E-state index in [1.165, 1.54) is 30.5 Å². The zero-order valence-corrected chi connectivity index (χ0v) is 11.6. The fourth-order valence-electron chi connectivity index (χ4n) is 2.71. The normalized spacial score (nSPS) is 17.6. The quantitative estimate of drug-likeness (QED) is 0.842.